The minimum Gasteiger partial charge on any atom is -0.469 e. The van der Waals surface area contributed by atoms with E-state index in [1.807, 2.05) is 6.92 Å². The molecule has 5 nitrogen and oxygen atoms in total. The highest BCUT2D eigenvalue weighted by atomic mass is 16.5. The van der Waals surface area contributed by atoms with E-state index in [0.717, 1.165) is 25.9 Å². The molecule has 0 bridgehead atoms. The van der Waals surface area contributed by atoms with Gasteiger partial charge >= 0.3 is 5.97 Å². The second-order valence-corrected chi connectivity index (χ2v) is 7.32. The number of ether oxygens (including phenoxy) is 1. The molecule has 1 saturated heterocycles. The maximum atomic E-state index is 12.2. The van der Waals surface area contributed by atoms with Crippen molar-refractivity contribution in [2.45, 2.75) is 25.8 Å². The van der Waals surface area contributed by atoms with Gasteiger partial charge in [-0.15, -0.1) is 0 Å². The molecule has 0 aliphatic carbocycles. The maximum Gasteiger partial charge on any atom is 0.311 e. The van der Waals surface area contributed by atoms with Crippen molar-refractivity contribution < 1.29 is 14.6 Å². The first-order valence-corrected chi connectivity index (χ1v) is 9.35. The Morgan fingerprint density at radius 2 is 2.27 bits per heavy atom. The second-order valence-electron chi connectivity index (χ2n) is 7.32. The van der Waals surface area contributed by atoms with Crippen LogP contribution < -0.4 is 0 Å². The number of methoxy groups -OCH3 is 1. The summed E-state index contributed by atoms with van der Waals surface area (Å²) in [5.41, 5.74) is 5.09. The van der Waals surface area contributed by atoms with Crippen molar-refractivity contribution in [2.24, 2.45) is 11.8 Å². The maximum absolute atomic E-state index is 12.2. The minimum atomic E-state index is -0.497. The van der Waals surface area contributed by atoms with Crippen molar-refractivity contribution in [3.63, 3.8) is 0 Å². The van der Waals surface area contributed by atoms with Gasteiger partial charge in [-0.25, -0.2) is 0 Å². The van der Waals surface area contributed by atoms with Crippen molar-refractivity contribution in [1.29, 1.82) is 0 Å². The number of aromatic amines is 1. The van der Waals surface area contributed by atoms with Gasteiger partial charge in [0.25, 0.3) is 0 Å². The summed E-state index contributed by atoms with van der Waals surface area (Å²) in [4.78, 5) is 18.3. The predicted octanol–water partition coefficient (Wildman–Crippen LogP) is 2.81. The normalized spacial score (nSPS) is 25.7. The molecule has 0 radical (unpaired) electrons. The second kappa shape index (κ2) is 6.89. The van der Waals surface area contributed by atoms with Crippen LogP contribution in [0.2, 0.25) is 0 Å². The van der Waals surface area contributed by atoms with Crippen LogP contribution in [0.4, 0.5) is 0 Å². The van der Waals surface area contributed by atoms with Crippen molar-refractivity contribution in [1.82, 2.24) is 9.88 Å². The summed E-state index contributed by atoms with van der Waals surface area (Å²) in [5.74, 6) is -0.808. The summed E-state index contributed by atoms with van der Waals surface area (Å²) in [6, 6.07) is 8.70. The number of H-pyrrole nitrogens is 1. The van der Waals surface area contributed by atoms with Crippen LogP contribution >= 0.6 is 0 Å². The summed E-state index contributed by atoms with van der Waals surface area (Å²) < 4.78 is 4.96. The summed E-state index contributed by atoms with van der Waals surface area (Å²) in [7, 11) is 1.39. The first kappa shape index (κ1) is 17.3. The molecule has 5 heteroatoms. The van der Waals surface area contributed by atoms with E-state index < -0.39 is 5.92 Å². The van der Waals surface area contributed by atoms with Crippen molar-refractivity contribution in [3.8, 4) is 0 Å². The van der Waals surface area contributed by atoms with Gasteiger partial charge in [-0.1, -0.05) is 29.8 Å². The molecule has 1 fully saturated rings. The van der Waals surface area contributed by atoms with Gasteiger partial charge in [-0.2, -0.15) is 0 Å². The van der Waals surface area contributed by atoms with Crippen molar-refractivity contribution in [2.75, 3.05) is 26.8 Å². The van der Waals surface area contributed by atoms with Gasteiger partial charge in [-0.3, -0.25) is 9.69 Å². The number of aromatic nitrogens is 1. The summed E-state index contributed by atoms with van der Waals surface area (Å²) >= 11 is 0. The SMILES string of the molecule is C/C=C1/CN2CCc3c([nH]c4ccccc34)[C@@H]2C[C@@H]1[C@H](CO)C(=O)OC. The van der Waals surface area contributed by atoms with Gasteiger partial charge in [0.15, 0.2) is 0 Å². The van der Waals surface area contributed by atoms with Crippen LogP contribution in [0.5, 0.6) is 0 Å². The third kappa shape index (κ3) is 2.66. The Morgan fingerprint density at radius 3 is 3.00 bits per heavy atom. The predicted molar refractivity (Wildman–Crippen MR) is 101 cm³/mol. The molecule has 138 valence electrons. The third-order valence-corrected chi connectivity index (χ3v) is 6.17. The molecule has 2 aliphatic heterocycles. The van der Waals surface area contributed by atoms with Crippen LogP contribution in [0.25, 0.3) is 10.9 Å². The molecule has 0 saturated carbocycles. The number of hydrogen-bond donors (Lipinski definition) is 2. The first-order chi connectivity index (χ1) is 12.7. The van der Waals surface area contributed by atoms with Crippen molar-refractivity contribution >= 4 is 16.9 Å². The van der Waals surface area contributed by atoms with Crippen LogP contribution in [0, 0.1) is 11.8 Å². The Bertz CT molecular complexity index is 854. The standard InChI is InChI=1S/C21H26N2O3/c1-3-13-11-23-9-8-15-14-6-4-5-7-18(14)22-20(15)19(23)10-16(13)17(12-24)21(25)26-2/h3-7,16-17,19,22,24H,8-12H2,1-2H3/b13-3-/t16-,17-,19-/m0/s1. The Balaban J connectivity index is 1.73. The summed E-state index contributed by atoms with van der Waals surface area (Å²) in [5, 5.41) is 11.2. The summed E-state index contributed by atoms with van der Waals surface area (Å²) in [6.45, 7) is 3.70. The number of nitrogens with one attached hydrogen (secondary N) is 1. The number of aliphatic hydroxyl groups is 1. The number of nitrogens with zero attached hydrogens (tertiary/aromatic N) is 1. The molecule has 0 unspecified atom stereocenters. The number of carbonyl (C=O) groups is 1. The molecule has 2 N–H and O–H groups in total. The molecule has 2 aliphatic rings. The number of para-hydroxylation sites is 1. The number of fused-ring (bicyclic) bond motifs is 5. The van der Waals surface area contributed by atoms with Gasteiger partial charge in [0.1, 0.15) is 0 Å². The van der Waals surface area contributed by atoms with Gasteiger partial charge in [-0.05, 0) is 37.3 Å². The Labute approximate surface area is 153 Å². The lowest BCUT2D eigenvalue weighted by molar-refractivity contribution is -0.149. The highest BCUT2D eigenvalue weighted by molar-refractivity contribution is 5.85. The fourth-order valence-corrected chi connectivity index (χ4v) is 4.81. The largest absolute Gasteiger partial charge is 0.469 e. The van der Waals surface area contributed by atoms with Gasteiger partial charge in [0.2, 0.25) is 0 Å². The van der Waals surface area contributed by atoms with E-state index in [4.69, 9.17) is 4.74 Å². The number of aliphatic hydroxyl groups excluding tert-OH is 1. The monoisotopic (exact) mass is 354 g/mol. The molecular weight excluding hydrogens is 328 g/mol. The average Bonchev–Trinajstić information content (AvgIpc) is 3.07. The zero-order valence-electron chi connectivity index (χ0n) is 15.4. The molecule has 1 aromatic carbocycles. The third-order valence-electron chi connectivity index (χ3n) is 6.17. The fraction of sp³-hybridized carbons (Fsp3) is 0.476. The number of allylic oxidation sites excluding steroid dienone is 1. The highest BCUT2D eigenvalue weighted by Gasteiger charge is 2.42. The van der Waals surface area contributed by atoms with Crippen molar-refractivity contribution in [3.05, 3.63) is 47.2 Å². The Kier molecular flexibility index (Phi) is 4.59. The smallest absolute Gasteiger partial charge is 0.311 e. The molecule has 0 spiro atoms. The quantitative estimate of drug-likeness (QED) is 0.657. The van der Waals surface area contributed by atoms with E-state index in [1.54, 1.807) is 0 Å². The van der Waals surface area contributed by atoms with Crippen LogP contribution in [0.3, 0.4) is 0 Å². The fourth-order valence-electron chi connectivity index (χ4n) is 4.81. The molecule has 1 aromatic heterocycles. The van der Waals surface area contributed by atoms with E-state index in [0.29, 0.717) is 0 Å². The lowest BCUT2D eigenvalue weighted by atomic mass is 9.75. The number of carbonyl (C=O) groups excluding carboxylic acids is 1. The van der Waals surface area contributed by atoms with Gasteiger partial charge in [0.05, 0.1) is 25.7 Å². The average molecular weight is 354 g/mol. The molecular formula is C21H26N2O3. The lowest BCUT2D eigenvalue weighted by Gasteiger charge is -2.45. The van der Waals surface area contributed by atoms with E-state index >= 15 is 0 Å². The molecule has 0 amide bonds. The van der Waals surface area contributed by atoms with Gasteiger partial charge < -0.3 is 14.8 Å². The van der Waals surface area contributed by atoms with Crippen LogP contribution in [0.1, 0.15) is 30.6 Å². The van der Waals surface area contributed by atoms with E-state index in [-0.39, 0.29) is 24.5 Å². The number of esters is 1. The van der Waals surface area contributed by atoms with E-state index in [2.05, 4.69) is 40.2 Å². The number of hydrogen-bond acceptors (Lipinski definition) is 4. The zero-order valence-corrected chi connectivity index (χ0v) is 15.4. The number of benzene rings is 1. The van der Waals surface area contributed by atoms with Crippen LogP contribution in [0.15, 0.2) is 35.9 Å². The molecule has 2 aromatic rings. The molecule has 26 heavy (non-hydrogen) atoms. The van der Waals surface area contributed by atoms with Crippen LogP contribution in [-0.4, -0.2) is 47.8 Å². The van der Waals surface area contributed by atoms with Gasteiger partial charge in [0, 0.05) is 29.7 Å². The zero-order chi connectivity index (χ0) is 18.3. The topological polar surface area (TPSA) is 65.6 Å². The van der Waals surface area contributed by atoms with Crippen LogP contribution in [-0.2, 0) is 16.0 Å². The highest BCUT2D eigenvalue weighted by Crippen LogP contribution is 2.44. The molecule has 3 heterocycles. The molecule has 4 rings (SSSR count). The van der Waals surface area contributed by atoms with E-state index in [1.165, 1.54) is 34.8 Å². The number of piperidine rings is 1. The Morgan fingerprint density at radius 1 is 1.46 bits per heavy atom. The molecule has 3 atom stereocenters. The van der Waals surface area contributed by atoms with E-state index in [9.17, 15) is 9.90 Å². The summed E-state index contributed by atoms with van der Waals surface area (Å²) in [6.07, 6.45) is 3.96. The first-order valence-electron chi connectivity index (χ1n) is 9.35. The minimum absolute atomic E-state index is 0.0102. The Hall–Kier alpha value is -2.11. The lowest BCUT2D eigenvalue weighted by Crippen LogP contribution is -2.45. The number of rotatable bonds is 3.